The number of nitrogens with two attached hydrogens (primary N) is 1. The van der Waals surface area contributed by atoms with Crippen molar-refractivity contribution in [2.45, 2.75) is 43.9 Å². The zero-order chi connectivity index (χ0) is 16.4. The number of fused-ring (bicyclic) bond motifs is 1. The summed E-state index contributed by atoms with van der Waals surface area (Å²) < 4.78 is 5.15. The molecule has 124 valence electrons. The first kappa shape index (κ1) is 16.1. The van der Waals surface area contributed by atoms with E-state index in [4.69, 9.17) is 10.5 Å². The molecule has 1 aliphatic rings. The number of hydrogen-bond acceptors (Lipinski definition) is 6. The third-order valence-electron chi connectivity index (χ3n) is 4.74. The van der Waals surface area contributed by atoms with Gasteiger partial charge in [-0.3, -0.25) is 4.98 Å². The summed E-state index contributed by atoms with van der Waals surface area (Å²) in [6.07, 6.45) is 3.23. The minimum absolute atomic E-state index is 0.0543. The van der Waals surface area contributed by atoms with Gasteiger partial charge in [-0.05, 0) is 43.7 Å². The molecule has 2 aromatic rings. The van der Waals surface area contributed by atoms with Gasteiger partial charge in [0.05, 0.1) is 24.2 Å². The maximum Gasteiger partial charge on any atom is 0.213 e. The summed E-state index contributed by atoms with van der Waals surface area (Å²) in [5.74, 6) is 0.510. The normalized spacial score (nSPS) is 24.3. The summed E-state index contributed by atoms with van der Waals surface area (Å²) in [7, 11) is 1.54. The number of rotatable bonds is 4. The Bertz CT molecular complexity index is 671. The van der Waals surface area contributed by atoms with E-state index in [1.165, 1.54) is 0 Å². The Morgan fingerprint density at radius 3 is 2.61 bits per heavy atom. The quantitative estimate of drug-likeness (QED) is 0.791. The number of aliphatic hydroxyl groups excluding tert-OH is 2. The second-order valence-corrected chi connectivity index (χ2v) is 6.23. The van der Waals surface area contributed by atoms with Crippen LogP contribution in [0.3, 0.4) is 0 Å². The summed E-state index contributed by atoms with van der Waals surface area (Å²) in [6.45, 7) is 0. The number of aromatic nitrogens is 2. The number of methoxy groups -OCH3 is 1. The standard InChI is InChI=1S/C17H23N3O3/c1-23-14-7-6-13-15(20-14)12(8-9-19-13)17(22)16(21)10-2-4-11(18)5-3-10/h6-11,16-17,21-22H,2-5,18H2,1H3/t10?,11?,16-,17-/m1/s1. The predicted octanol–water partition coefficient (Wildman–Crippen LogP) is 1.55. The molecule has 2 atom stereocenters. The highest BCUT2D eigenvalue weighted by Gasteiger charge is 2.31. The van der Waals surface area contributed by atoms with Gasteiger partial charge in [0.1, 0.15) is 6.10 Å². The van der Waals surface area contributed by atoms with Gasteiger partial charge in [-0.25, -0.2) is 4.98 Å². The Hall–Kier alpha value is -1.76. The van der Waals surface area contributed by atoms with E-state index in [0.29, 0.717) is 22.5 Å². The van der Waals surface area contributed by atoms with Crippen molar-refractivity contribution in [3.63, 3.8) is 0 Å². The minimum atomic E-state index is -1.00. The summed E-state index contributed by atoms with van der Waals surface area (Å²) in [6, 6.07) is 5.44. The van der Waals surface area contributed by atoms with Gasteiger partial charge in [0.25, 0.3) is 0 Å². The number of ether oxygens (including phenoxy) is 1. The Morgan fingerprint density at radius 2 is 1.91 bits per heavy atom. The molecule has 0 unspecified atom stereocenters. The minimum Gasteiger partial charge on any atom is -0.481 e. The number of aliphatic hydroxyl groups is 2. The van der Waals surface area contributed by atoms with Gasteiger partial charge in [-0.2, -0.15) is 0 Å². The van der Waals surface area contributed by atoms with Crippen molar-refractivity contribution in [3.05, 3.63) is 30.0 Å². The van der Waals surface area contributed by atoms with Gasteiger partial charge in [-0.15, -0.1) is 0 Å². The van der Waals surface area contributed by atoms with Gasteiger partial charge in [0.15, 0.2) is 0 Å². The van der Waals surface area contributed by atoms with Crippen LogP contribution in [0.5, 0.6) is 5.88 Å². The molecule has 0 aliphatic heterocycles. The van der Waals surface area contributed by atoms with Gasteiger partial charge >= 0.3 is 0 Å². The number of pyridine rings is 2. The van der Waals surface area contributed by atoms with Crippen LogP contribution in [-0.2, 0) is 0 Å². The third kappa shape index (κ3) is 3.29. The zero-order valence-electron chi connectivity index (χ0n) is 13.2. The largest absolute Gasteiger partial charge is 0.481 e. The fraction of sp³-hybridized carbons (Fsp3) is 0.529. The van der Waals surface area contributed by atoms with Gasteiger partial charge in [-0.1, -0.05) is 0 Å². The maximum absolute atomic E-state index is 10.7. The smallest absolute Gasteiger partial charge is 0.213 e. The van der Waals surface area contributed by atoms with E-state index in [1.54, 1.807) is 31.5 Å². The Morgan fingerprint density at radius 1 is 1.17 bits per heavy atom. The lowest BCUT2D eigenvalue weighted by molar-refractivity contribution is -0.0291. The first-order valence-electron chi connectivity index (χ1n) is 8.01. The van der Waals surface area contributed by atoms with Crippen molar-refractivity contribution in [3.8, 4) is 5.88 Å². The lowest BCUT2D eigenvalue weighted by Gasteiger charge is -2.32. The van der Waals surface area contributed by atoms with Crippen molar-refractivity contribution in [1.82, 2.24) is 9.97 Å². The molecular formula is C17H23N3O3. The van der Waals surface area contributed by atoms with Gasteiger partial charge in [0, 0.05) is 23.9 Å². The molecule has 0 bridgehead atoms. The fourth-order valence-electron chi connectivity index (χ4n) is 3.31. The SMILES string of the molecule is COc1ccc2nccc([C@@H](O)[C@H](O)C3CCC(N)CC3)c2n1. The van der Waals surface area contributed by atoms with Crippen LogP contribution in [0.4, 0.5) is 0 Å². The number of hydrogen-bond donors (Lipinski definition) is 3. The predicted molar refractivity (Wildman–Crippen MR) is 87.0 cm³/mol. The molecule has 0 amide bonds. The molecule has 4 N–H and O–H groups in total. The summed E-state index contributed by atoms with van der Waals surface area (Å²) >= 11 is 0. The molecule has 23 heavy (non-hydrogen) atoms. The van der Waals surface area contributed by atoms with Crippen LogP contribution in [0, 0.1) is 5.92 Å². The van der Waals surface area contributed by atoms with E-state index >= 15 is 0 Å². The molecule has 0 aromatic carbocycles. The van der Waals surface area contributed by atoms with Crippen molar-refractivity contribution >= 4 is 11.0 Å². The first-order chi connectivity index (χ1) is 11.1. The van der Waals surface area contributed by atoms with E-state index in [-0.39, 0.29) is 12.0 Å². The molecule has 6 nitrogen and oxygen atoms in total. The Balaban J connectivity index is 1.89. The monoisotopic (exact) mass is 317 g/mol. The molecule has 2 aromatic heterocycles. The van der Waals surface area contributed by atoms with Crippen molar-refractivity contribution in [2.75, 3.05) is 7.11 Å². The number of nitrogens with zero attached hydrogens (tertiary/aromatic N) is 2. The van der Waals surface area contributed by atoms with Gasteiger partial charge < -0.3 is 20.7 Å². The van der Waals surface area contributed by atoms with Crippen LogP contribution in [0.1, 0.15) is 37.4 Å². The zero-order valence-corrected chi connectivity index (χ0v) is 13.2. The van der Waals surface area contributed by atoms with Crippen LogP contribution < -0.4 is 10.5 Å². The highest BCUT2D eigenvalue weighted by Crippen LogP contribution is 2.34. The average molecular weight is 317 g/mol. The molecule has 1 aliphatic carbocycles. The highest BCUT2D eigenvalue weighted by molar-refractivity contribution is 5.78. The average Bonchev–Trinajstić information content (AvgIpc) is 2.60. The molecule has 2 heterocycles. The molecule has 1 fully saturated rings. The molecule has 3 rings (SSSR count). The lowest BCUT2D eigenvalue weighted by Crippen LogP contribution is -2.35. The van der Waals surface area contributed by atoms with Crippen molar-refractivity contribution in [1.29, 1.82) is 0 Å². The fourth-order valence-corrected chi connectivity index (χ4v) is 3.31. The van der Waals surface area contributed by atoms with E-state index in [2.05, 4.69) is 9.97 Å². The second kappa shape index (κ2) is 6.78. The van der Waals surface area contributed by atoms with Crippen LogP contribution in [0.2, 0.25) is 0 Å². The van der Waals surface area contributed by atoms with Gasteiger partial charge in [0.2, 0.25) is 5.88 Å². The first-order valence-corrected chi connectivity index (χ1v) is 8.01. The molecule has 0 saturated heterocycles. The molecule has 1 saturated carbocycles. The van der Waals surface area contributed by atoms with E-state index < -0.39 is 12.2 Å². The summed E-state index contributed by atoms with van der Waals surface area (Å²) in [4.78, 5) is 8.63. The lowest BCUT2D eigenvalue weighted by atomic mass is 9.80. The topological polar surface area (TPSA) is 101 Å². The van der Waals surface area contributed by atoms with Crippen LogP contribution in [0.25, 0.3) is 11.0 Å². The van der Waals surface area contributed by atoms with Crippen LogP contribution in [0.15, 0.2) is 24.4 Å². The molecular weight excluding hydrogens is 294 g/mol. The summed E-state index contributed by atoms with van der Waals surface area (Å²) in [5.41, 5.74) is 7.72. The van der Waals surface area contributed by atoms with Crippen LogP contribution >= 0.6 is 0 Å². The second-order valence-electron chi connectivity index (χ2n) is 6.23. The van der Waals surface area contributed by atoms with E-state index in [9.17, 15) is 10.2 Å². The molecule has 0 radical (unpaired) electrons. The van der Waals surface area contributed by atoms with E-state index in [0.717, 1.165) is 25.7 Å². The summed E-state index contributed by atoms with van der Waals surface area (Å²) in [5, 5.41) is 21.3. The van der Waals surface area contributed by atoms with Crippen molar-refractivity contribution < 1.29 is 14.9 Å². The Labute approximate surface area is 135 Å². The molecule has 6 heteroatoms. The third-order valence-corrected chi connectivity index (χ3v) is 4.74. The van der Waals surface area contributed by atoms with Crippen LogP contribution in [-0.4, -0.2) is 39.4 Å². The van der Waals surface area contributed by atoms with E-state index in [1.807, 2.05) is 0 Å². The maximum atomic E-state index is 10.7. The Kier molecular flexibility index (Phi) is 4.75. The highest BCUT2D eigenvalue weighted by atomic mass is 16.5. The van der Waals surface area contributed by atoms with Crippen molar-refractivity contribution in [2.24, 2.45) is 11.7 Å². The molecule has 0 spiro atoms.